The van der Waals surface area contributed by atoms with E-state index in [1.165, 1.54) is 5.56 Å². The van der Waals surface area contributed by atoms with Crippen LogP contribution in [0.4, 0.5) is 4.79 Å². The Balaban J connectivity index is 2.68. The number of benzene rings is 1. The minimum Gasteiger partial charge on any atom is -0.434 e. The third-order valence-corrected chi connectivity index (χ3v) is 1.94. The standard InChI is InChI=1S/C11H14O3/c1-4-13-11(12)14-10-6-5-8(2)9(3)7-10/h5-7H,4H2,1-3H3. The second-order valence-electron chi connectivity index (χ2n) is 3.03. The molecule has 1 rings (SSSR count). The molecule has 0 aliphatic carbocycles. The van der Waals surface area contributed by atoms with E-state index in [2.05, 4.69) is 4.74 Å². The second-order valence-corrected chi connectivity index (χ2v) is 3.03. The van der Waals surface area contributed by atoms with Gasteiger partial charge < -0.3 is 9.47 Å². The number of hydrogen-bond acceptors (Lipinski definition) is 3. The Kier molecular flexibility index (Phi) is 3.51. The first-order chi connectivity index (χ1) is 6.63. The molecule has 0 aliphatic heterocycles. The van der Waals surface area contributed by atoms with Gasteiger partial charge in [-0.15, -0.1) is 0 Å². The van der Waals surface area contributed by atoms with Crippen LogP contribution in [0.3, 0.4) is 0 Å². The van der Waals surface area contributed by atoms with Crippen LogP contribution < -0.4 is 4.74 Å². The van der Waals surface area contributed by atoms with Gasteiger partial charge in [-0.2, -0.15) is 0 Å². The Morgan fingerprint density at radius 1 is 1.29 bits per heavy atom. The molecule has 0 bridgehead atoms. The van der Waals surface area contributed by atoms with Crippen molar-refractivity contribution in [2.24, 2.45) is 0 Å². The molecule has 0 N–H and O–H groups in total. The summed E-state index contributed by atoms with van der Waals surface area (Å²) in [5, 5.41) is 0. The summed E-state index contributed by atoms with van der Waals surface area (Å²) >= 11 is 0. The Morgan fingerprint density at radius 3 is 2.57 bits per heavy atom. The molecule has 3 heteroatoms. The minimum atomic E-state index is -0.657. The average molecular weight is 194 g/mol. The summed E-state index contributed by atoms with van der Waals surface area (Å²) in [5.41, 5.74) is 2.26. The van der Waals surface area contributed by atoms with Gasteiger partial charge >= 0.3 is 6.16 Å². The molecule has 0 aliphatic rings. The summed E-state index contributed by atoms with van der Waals surface area (Å²) in [6, 6.07) is 5.47. The van der Waals surface area contributed by atoms with Gasteiger partial charge in [-0.05, 0) is 44.0 Å². The summed E-state index contributed by atoms with van der Waals surface area (Å²) in [4.78, 5) is 11.0. The SMILES string of the molecule is CCOC(=O)Oc1ccc(C)c(C)c1. The first kappa shape index (κ1) is 10.6. The summed E-state index contributed by atoms with van der Waals surface area (Å²) in [6.45, 7) is 6.03. The van der Waals surface area contributed by atoms with E-state index in [0.29, 0.717) is 12.4 Å². The highest BCUT2D eigenvalue weighted by Gasteiger charge is 2.04. The molecule has 0 heterocycles. The van der Waals surface area contributed by atoms with Crippen LogP contribution in [-0.2, 0) is 4.74 Å². The van der Waals surface area contributed by atoms with Crippen LogP contribution in [0.2, 0.25) is 0 Å². The molecule has 0 fully saturated rings. The Hall–Kier alpha value is -1.51. The first-order valence-electron chi connectivity index (χ1n) is 4.55. The molecule has 0 spiro atoms. The first-order valence-corrected chi connectivity index (χ1v) is 4.55. The number of carbonyl (C=O) groups excluding carboxylic acids is 1. The maximum atomic E-state index is 11.0. The predicted molar refractivity (Wildman–Crippen MR) is 53.6 cm³/mol. The van der Waals surface area contributed by atoms with Gasteiger partial charge in [-0.25, -0.2) is 4.79 Å². The fourth-order valence-electron chi connectivity index (χ4n) is 1.02. The van der Waals surface area contributed by atoms with E-state index >= 15 is 0 Å². The van der Waals surface area contributed by atoms with E-state index in [-0.39, 0.29) is 0 Å². The molecule has 76 valence electrons. The van der Waals surface area contributed by atoms with Crippen molar-refractivity contribution in [2.45, 2.75) is 20.8 Å². The van der Waals surface area contributed by atoms with E-state index in [1.54, 1.807) is 13.0 Å². The van der Waals surface area contributed by atoms with Crippen molar-refractivity contribution in [3.63, 3.8) is 0 Å². The molecule has 0 atom stereocenters. The monoisotopic (exact) mass is 194 g/mol. The van der Waals surface area contributed by atoms with Crippen LogP contribution in [0.5, 0.6) is 5.75 Å². The van der Waals surface area contributed by atoms with E-state index in [1.807, 2.05) is 26.0 Å². The van der Waals surface area contributed by atoms with Gasteiger partial charge in [0, 0.05) is 0 Å². The van der Waals surface area contributed by atoms with Gasteiger partial charge in [0.05, 0.1) is 6.61 Å². The molecule has 0 unspecified atom stereocenters. The highest BCUT2D eigenvalue weighted by Crippen LogP contribution is 2.16. The summed E-state index contributed by atoms with van der Waals surface area (Å²) in [6.07, 6.45) is -0.657. The van der Waals surface area contributed by atoms with Gasteiger partial charge in [0.2, 0.25) is 0 Å². The van der Waals surface area contributed by atoms with Gasteiger partial charge in [-0.3, -0.25) is 0 Å². The zero-order valence-electron chi connectivity index (χ0n) is 8.66. The summed E-state index contributed by atoms with van der Waals surface area (Å²) in [7, 11) is 0. The van der Waals surface area contributed by atoms with Crippen molar-refractivity contribution in [2.75, 3.05) is 6.61 Å². The molecule has 3 nitrogen and oxygen atoms in total. The lowest BCUT2D eigenvalue weighted by Crippen LogP contribution is -2.10. The number of ether oxygens (including phenoxy) is 2. The van der Waals surface area contributed by atoms with Gasteiger partial charge in [0.1, 0.15) is 5.75 Å². The lowest BCUT2D eigenvalue weighted by molar-refractivity contribution is 0.104. The van der Waals surface area contributed by atoms with Gasteiger partial charge in [0.15, 0.2) is 0 Å². The van der Waals surface area contributed by atoms with Crippen molar-refractivity contribution < 1.29 is 14.3 Å². The Bertz CT molecular complexity index is 331. The third kappa shape index (κ3) is 2.76. The molecule has 1 aromatic carbocycles. The van der Waals surface area contributed by atoms with E-state index in [4.69, 9.17) is 4.74 Å². The molecule has 1 aromatic rings. The normalized spacial score (nSPS) is 9.64. The van der Waals surface area contributed by atoms with Crippen LogP contribution in [-0.4, -0.2) is 12.8 Å². The molecular weight excluding hydrogens is 180 g/mol. The smallest absolute Gasteiger partial charge is 0.434 e. The molecular formula is C11H14O3. The molecule has 0 amide bonds. The number of carbonyl (C=O) groups is 1. The second kappa shape index (κ2) is 4.65. The highest BCUT2D eigenvalue weighted by molar-refractivity contribution is 5.63. The quantitative estimate of drug-likeness (QED) is 0.536. The van der Waals surface area contributed by atoms with E-state index < -0.39 is 6.16 Å². The fourth-order valence-corrected chi connectivity index (χ4v) is 1.02. The van der Waals surface area contributed by atoms with Gasteiger partial charge in [-0.1, -0.05) is 6.07 Å². The van der Waals surface area contributed by atoms with E-state index in [0.717, 1.165) is 5.56 Å². The molecule has 0 aromatic heterocycles. The highest BCUT2D eigenvalue weighted by atomic mass is 16.7. The van der Waals surface area contributed by atoms with Crippen molar-refractivity contribution in [1.82, 2.24) is 0 Å². The minimum absolute atomic E-state index is 0.323. The fraction of sp³-hybridized carbons (Fsp3) is 0.364. The maximum absolute atomic E-state index is 11.0. The Morgan fingerprint density at radius 2 is 2.00 bits per heavy atom. The average Bonchev–Trinajstić information content (AvgIpc) is 2.12. The zero-order chi connectivity index (χ0) is 10.6. The molecule has 0 radical (unpaired) electrons. The van der Waals surface area contributed by atoms with Crippen LogP contribution >= 0.6 is 0 Å². The number of hydrogen-bond donors (Lipinski definition) is 0. The molecule has 0 saturated carbocycles. The maximum Gasteiger partial charge on any atom is 0.513 e. The zero-order valence-corrected chi connectivity index (χ0v) is 8.66. The van der Waals surface area contributed by atoms with Gasteiger partial charge in [0.25, 0.3) is 0 Å². The largest absolute Gasteiger partial charge is 0.513 e. The van der Waals surface area contributed by atoms with Crippen LogP contribution in [0, 0.1) is 13.8 Å². The number of rotatable bonds is 2. The van der Waals surface area contributed by atoms with Crippen LogP contribution in [0.15, 0.2) is 18.2 Å². The molecule has 0 saturated heterocycles. The van der Waals surface area contributed by atoms with Crippen molar-refractivity contribution in [3.8, 4) is 5.75 Å². The summed E-state index contributed by atoms with van der Waals surface area (Å²) in [5.74, 6) is 0.520. The van der Waals surface area contributed by atoms with Crippen LogP contribution in [0.1, 0.15) is 18.1 Å². The van der Waals surface area contributed by atoms with E-state index in [9.17, 15) is 4.79 Å². The Labute approximate surface area is 83.6 Å². The summed E-state index contributed by atoms with van der Waals surface area (Å²) < 4.78 is 9.58. The molecule has 14 heavy (non-hydrogen) atoms. The van der Waals surface area contributed by atoms with Crippen LogP contribution in [0.25, 0.3) is 0 Å². The van der Waals surface area contributed by atoms with Crippen molar-refractivity contribution >= 4 is 6.16 Å². The van der Waals surface area contributed by atoms with Crippen molar-refractivity contribution in [1.29, 1.82) is 0 Å². The lowest BCUT2D eigenvalue weighted by atomic mass is 10.1. The van der Waals surface area contributed by atoms with Crippen molar-refractivity contribution in [3.05, 3.63) is 29.3 Å². The topological polar surface area (TPSA) is 35.5 Å². The number of aryl methyl sites for hydroxylation is 2. The third-order valence-electron chi connectivity index (χ3n) is 1.94. The predicted octanol–water partition coefficient (Wildman–Crippen LogP) is 2.84. The lowest BCUT2D eigenvalue weighted by Gasteiger charge is -2.05.